The smallest absolute Gasteiger partial charge is 0.306 e. The molecule has 0 radical (unpaired) electrons. The molecule has 0 aromatic carbocycles. The van der Waals surface area contributed by atoms with Crippen molar-refractivity contribution < 1.29 is 18.3 Å². The van der Waals surface area contributed by atoms with Crippen molar-refractivity contribution in [1.82, 2.24) is 13.5 Å². The number of carbonyl (C=O) groups is 1. The van der Waals surface area contributed by atoms with Gasteiger partial charge in [0.1, 0.15) is 0 Å². The molecule has 0 aliphatic carbocycles. The van der Waals surface area contributed by atoms with Crippen LogP contribution in [0.2, 0.25) is 0 Å². The fourth-order valence-electron chi connectivity index (χ4n) is 2.74. The third kappa shape index (κ3) is 3.74. The van der Waals surface area contributed by atoms with Crippen LogP contribution in [-0.2, 0) is 15.0 Å². The van der Waals surface area contributed by atoms with Crippen LogP contribution >= 0.6 is 0 Å². The van der Waals surface area contributed by atoms with Crippen molar-refractivity contribution in [3.63, 3.8) is 0 Å². The Morgan fingerprint density at radius 3 is 2.10 bits per heavy atom. The zero-order valence-electron chi connectivity index (χ0n) is 11.9. The quantitative estimate of drug-likeness (QED) is 0.693. The van der Waals surface area contributed by atoms with Gasteiger partial charge in [0.05, 0.1) is 12.5 Å². The van der Waals surface area contributed by atoms with Gasteiger partial charge >= 0.3 is 5.97 Å². The molecule has 7 nitrogen and oxygen atoms in total. The first-order valence-electron chi connectivity index (χ1n) is 7.09. The lowest BCUT2D eigenvalue weighted by molar-refractivity contribution is -0.142. The minimum Gasteiger partial charge on any atom is -0.481 e. The Balaban J connectivity index is 1.91. The molecule has 0 amide bonds. The molecule has 118 valence electrons. The maximum atomic E-state index is 12.5. The number of piperidine rings is 1. The fourth-order valence-corrected chi connectivity index (χ4v) is 4.37. The standard InChI is InChI=1S/C13H21N3O4S/c1-2-5-14-8-10-16(11-9-14)21(19,20)15-6-3-12(4-7-15)13(17)18/h1,12H,3-11H2,(H,17,18). The van der Waals surface area contributed by atoms with E-state index in [2.05, 4.69) is 5.92 Å². The number of hydrogen-bond acceptors (Lipinski definition) is 4. The molecule has 2 heterocycles. The van der Waals surface area contributed by atoms with Gasteiger partial charge in [0, 0.05) is 39.3 Å². The molecule has 2 aliphatic heterocycles. The first kappa shape index (κ1) is 16.2. The first-order chi connectivity index (χ1) is 9.95. The van der Waals surface area contributed by atoms with Crippen molar-refractivity contribution in [2.75, 3.05) is 45.8 Å². The normalized spacial score (nSPS) is 23.8. The van der Waals surface area contributed by atoms with Gasteiger partial charge in [-0.2, -0.15) is 17.0 Å². The molecule has 0 saturated carbocycles. The molecular weight excluding hydrogens is 294 g/mol. The molecule has 2 aliphatic rings. The van der Waals surface area contributed by atoms with E-state index >= 15 is 0 Å². The summed E-state index contributed by atoms with van der Waals surface area (Å²) in [5.74, 6) is 1.30. The van der Waals surface area contributed by atoms with E-state index in [0.29, 0.717) is 45.6 Å². The highest BCUT2D eigenvalue weighted by atomic mass is 32.2. The van der Waals surface area contributed by atoms with Crippen LogP contribution in [0.4, 0.5) is 0 Å². The average molecular weight is 315 g/mol. The second-order valence-corrected chi connectivity index (χ2v) is 7.33. The summed E-state index contributed by atoms with van der Waals surface area (Å²) in [4.78, 5) is 13.0. The zero-order valence-corrected chi connectivity index (χ0v) is 12.8. The van der Waals surface area contributed by atoms with Crippen molar-refractivity contribution in [2.45, 2.75) is 12.8 Å². The monoisotopic (exact) mass is 315 g/mol. The van der Waals surface area contributed by atoms with E-state index in [1.54, 1.807) is 0 Å². The highest BCUT2D eigenvalue weighted by Crippen LogP contribution is 2.22. The zero-order chi connectivity index (χ0) is 15.5. The molecule has 0 atom stereocenters. The average Bonchev–Trinajstić information content (AvgIpc) is 2.48. The van der Waals surface area contributed by atoms with Gasteiger partial charge in [0.25, 0.3) is 10.2 Å². The lowest BCUT2D eigenvalue weighted by Crippen LogP contribution is -2.54. The van der Waals surface area contributed by atoms with Gasteiger partial charge in [-0.25, -0.2) is 0 Å². The number of hydrogen-bond donors (Lipinski definition) is 1. The van der Waals surface area contributed by atoms with E-state index in [1.807, 2.05) is 4.90 Å². The van der Waals surface area contributed by atoms with Crippen molar-refractivity contribution >= 4 is 16.2 Å². The highest BCUT2D eigenvalue weighted by molar-refractivity contribution is 7.86. The van der Waals surface area contributed by atoms with E-state index in [4.69, 9.17) is 11.5 Å². The molecule has 21 heavy (non-hydrogen) atoms. The van der Waals surface area contributed by atoms with Crippen molar-refractivity contribution in [3.8, 4) is 12.3 Å². The van der Waals surface area contributed by atoms with E-state index in [-0.39, 0.29) is 13.1 Å². The van der Waals surface area contributed by atoms with E-state index < -0.39 is 22.1 Å². The number of nitrogens with zero attached hydrogens (tertiary/aromatic N) is 3. The Morgan fingerprint density at radius 1 is 1.10 bits per heavy atom. The van der Waals surface area contributed by atoms with Crippen LogP contribution in [0.15, 0.2) is 0 Å². The molecule has 0 bridgehead atoms. The summed E-state index contributed by atoms with van der Waals surface area (Å²) in [6.45, 7) is 3.24. The predicted octanol–water partition coefficient (Wildman–Crippen LogP) is -0.721. The van der Waals surface area contributed by atoms with Gasteiger partial charge in [0.15, 0.2) is 0 Å². The molecular formula is C13H21N3O4S. The number of aliphatic carboxylic acids is 1. The Labute approximate surface area is 125 Å². The largest absolute Gasteiger partial charge is 0.481 e. The lowest BCUT2D eigenvalue weighted by Gasteiger charge is -2.37. The van der Waals surface area contributed by atoms with Crippen molar-refractivity contribution in [3.05, 3.63) is 0 Å². The third-order valence-electron chi connectivity index (χ3n) is 4.10. The summed E-state index contributed by atoms with van der Waals surface area (Å²) >= 11 is 0. The number of carboxylic acid groups (broad SMARTS) is 1. The van der Waals surface area contributed by atoms with Crippen LogP contribution in [0.1, 0.15) is 12.8 Å². The number of carboxylic acids is 1. The Kier molecular flexibility index (Phi) is 5.22. The number of piperazine rings is 1. The van der Waals surface area contributed by atoms with Crippen LogP contribution in [-0.4, -0.2) is 78.8 Å². The molecule has 8 heteroatoms. The molecule has 2 fully saturated rings. The summed E-state index contributed by atoms with van der Waals surface area (Å²) in [7, 11) is -3.48. The van der Waals surface area contributed by atoms with E-state index in [1.165, 1.54) is 8.61 Å². The van der Waals surface area contributed by atoms with Gasteiger partial charge < -0.3 is 5.11 Å². The SMILES string of the molecule is C#CCN1CCN(S(=O)(=O)N2CCC(C(=O)O)CC2)CC1. The first-order valence-corrected chi connectivity index (χ1v) is 8.48. The summed E-state index contributed by atoms with van der Waals surface area (Å²) in [6, 6.07) is 0. The second-order valence-electron chi connectivity index (χ2n) is 5.40. The van der Waals surface area contributed by atoms with Crippen molar-refractivity contribution in [2.24, 2.45) is 5.92 Å². The summed E-state index contributed by atoms with van der Waals surface area (Å²) in [5, 5.41) is 8.96. The molecule has 2 rings (SSSR count). The lowest BCUT2D eigenvalue weighted by atomic mass is 9.99. The minimum atomic E-state index is -3.48. The van der Waals surface area contributed by atoms with Crippen LogP contribution < -0.4 is 0 Å². The van der Waals surface area contributed by atoms with Gasteiger partial charge in [-0.15, -0.1) is 6.42 Å². The summed E-state index contributed by atoms with van der Waals surface area (Å²) in [5.41, 5.74) is 0. The molecule has 0 spiro atoms. The highest BCUT2D eigenvalue weighted by Gasteiger charge is 2.35. The Hall–Kier alpha value is -1.14. The van der Waals surface area contributed by atoms with Gasteiger partial charge in [-0.3, -0.25) is 9.69 Å². The summed E-state index contributed by atoms with van der Waals surface area (Å²) < 4.78 is 27.9. The maximum Gasteiger partial charge on any atom is 0.306 e. The van der Waals surface area contributed by atoms with Crippen molar-refractivity contribution in [1.29, 1.82) is 0 Å². The molecule has 0 aromatic heterocycles. The van der Waals surface area contributed by atoms with E-state index in [9.17, 15) is 13.2 Å². The summed E-state index contributed by atoms with van der Waals surface area (Å²) in [6.07, 6.45) is 6.02. The number of terminal acetylenes is 1. The molecule has 2 saturated heterocycles. The topological polar surface area (TPSA) is 81.2 Å². The number of rotatable bonds is 4. The second kappa shape index (κ2) is 6.75. The Bertz CT molecular complexity index is 512. The van der Waals surface area contributed by atoms with Gasteiger partial charge in [-0.05, 0) is 12.8 Å². The van der Waals surface area contributed by atoms with Crippen LogP contribution in [0.25, 0.3) is 0 Å². The van der Waals surface area contributed by atoms with Crippen LogP contribution in [0, 0.1) is 18.3 Å². The fraction of sp³-hybridized carbons (Fsp3) is 0.769. The molecule has 0 aromatic rings. The maximum absolute atomic E-state index is 12.5. The predicted molar refractivity (Wildman–Crippen MR) is 77.7 cm³/mol. The van der Waals surface area contributed by atoms with Crippen LogP contribution in [0.3, 0.4) is 0 Å². The molecule has 1 N–H and O–H groups in total. The van der Waals surface area contributed by atoms with Crippen LogP contribution in [0.5, 0.6) is 0 Å². The van der Waals surface area contributed by atoms with E-state index in [0.717, 1.165) is 0 Å². The Morgan fingerprint density at radius 2 is 1.62 bits per heavy atom. The molecule has 0 unspecified atom stereocenters. The minimum absolute atomic E-state index is 0.282. The van der Waals surface area contributed by atoms with Gasteiger partial charge in [0.2, 0.25) is 0 Å². The third-order valence-corrected chi connectivity index (χ3v) is 6.14. The van der Waals surface area contributed by atoms with Gasteiger partial charge in [-0.1, -0.05) is 5.92 Å².